The van der Waals surface area contributed by atoms with Crippen LogP contribution in [0.3, 0.4) is 0 Å². The number of carbonyl (C=O) groups is 1. The standard InChI is InChI=1S/C25H24F3N7O3S/c1-16-20(14-32-35(16)22-7-2-17(12-31-22)25(26,27)28)23(36)33-18-3-6-21(30-13-18)24(15-29)8-10-34(11-9-24)39(37,38)19-4-5-19/h2-3,6-7,12-14,19H,4-5,8-11H2,1H3,(H,33,36). The molecule has 1 aliphatic heterocycles. The number of rotatable bonds is 6. The average Bonchev–Trinajstić information content (AvgIpc) is 3.71. The smallest absolute Gasteiger partial charge is 0.320 e. The number of hydrogen-bond acceptors (Lipinski definition) is 7. The van der Waals surface area contributed by atoms with Gasteiger partial charge in [-0.2, -0.15) is 23.5 Å². The summed E-state index contributed by atoms with van der Waals surface area (Å²) in [6.45, 7) is 2.10. The zero-order valence-corrected chi connectivity index (χ0v) is 21.6. The number of sulfonamides is 1. The highest BCUT2D eigenvalue weighted by Gasteiger charge is 2.45. The predicted molar refractivity (Wildman–Crippen MR) is 133 cm³/mol. The molecule has 2 aliphatic rings. The van der Waals surface area contributed by atoms with Gasteiger partial charge in [0.25, 0.3) is 5.91 Å². The molecule has 0 radical (unpaired) electrons. The largest absolute Gasteiger partial charge is 0.417 e. The third-order valence-corrected chi connectivity index (χ3v) is 9.55. The molecule has 0 unspecified atom stereocenters. The number of nitriles is 1. The van der Waals surface area contributed by atoms with Crippen LogP contribution in [0.4, 0.5) is 18.9 Å². The van der Waals surface area contributed by atoms with Gasteiger partial charge in [-0.05, 0) is 56.9 Å². The summed E-state index contributed by atoms with van der Waals surface area (Å²) in [6, 6.07) is 7.64. The van der Waals surface area contributed by atoms with Crippen LogP contribution in [0.5, 0.6) is 0 Å². The number of pyridine rings is 2. The second kappa shape index (κ2) is 9.73. The molecule has 5 rings (SSSR count). The number of halogens is 3. The molecule has 0 spiro atoms. The Balaban J connectivity index is 1.26. The van der Waals surface area contributed by atoms with E-state index in [0.717, 1.165) is 6.07 Å². The lowest BCUT2D eigenvalue weighted by molar-refractivity contribution is -0.137. The molecule has 3 aromatic heterocycles. The number of hydrogen-bond donors (Lipinski definition) is 1. The minimum absolute atomic E-state index is 0.128. The Morgan fingerprint density at radius 1 is 1.10 bits per heavy atom. The minimum atomic E-state index is -4.51. The number of amides is 1. The van der Waals surface area contributed by atoms with Crippen LogP contribution >= 0.6 is 0 Å². The number of aromatic nitrogens is 4. The van der Waals surface area contributed by atoms with Gasteiger partial charge in [0.2, 0.25) is 10.0 Å². The molecule has 2 fully saturated rings. The van der Waals surface area contributed by atoms with Crippen molar-refractivity contribution in [1.29, 1.82) is 5.26 Å². The fourth-order valence-corrected chi connectivity index (χ4v) is 6.46. The maximum Gasteiger partial charge on any atom is 0.417 e. The van der Waals surface area contributed by atoms with Gasteiger partial charge < -0.3 is 5.32 Å². The fourth-order valence-electron chi connectivity index (χ4n) is 4.62. The van der Waals surface area contributed by atoms with Crippen molar-refractivity contribution >= 4 is 21.6 Å². The van der Waals surface area contributed by atoms with Gasteiger partial charge in [0.05, 0.1) is 51.9 Å². The van der Waals surface area contributed by atoms with E-state index in [1.165, 1.54) is 27.4 Å². The van der Waals surface area contributed by atoms with E-state index in [0.29, 0.717) is 49.0 Å². The number of anilines is 1. The molecule has 14 heteroatoms. The first kappa shape index (κ1) is 26.8. The molecule has 1 aliphatic carbocycles. The van der Waals surface area contributed by atoms with Crippen molar-refractivity contribution in [3.63, 3.8) is 0 Å². The van der Waals surface area contributed by atoms with Gasteiger partial charge in [-0.3, -0.25) is 9.78 Å². The van der Waals surface area contributed by atoms with E-state index in [4.69, 9.17) is 0 Å². The van der Waals surface area contributed by atoms with E-state index in [1.54, 1.807) is 19.1 Å². The number of nitrogens with one attached hydrogen (secondary N) is 1. The van der Waals surface area contributed by atoms with Gasteiger partial charge in [-0.25, -0.2) is 22.4 Å². The Morgan fingerprint density at radius 2 is 1.82 bits per heavy atom. The highest BCUT2D eigenvalue weighted by Crippen LogP contribution is 2.38. The van der Waals surface area contributed by atoms with Crippen molar-refractivity contribution in [2.45, 2.75) is 49.4 Å². The van der Waals surface area contributed by atoms with E-state index in [9.17, 15) is 31.6 Å². The van der Waals surface area contributed by atoms with E-state index < -0.39 is 33.1 Å². The molecule has 204 valence electrons. The maximum atomic E-state index is 12.9. The zero-order valence-electron chi connectivity index (χ0n) is 20.8. The molecule has 0 aromatic carbocycles. The van der Waals surface area contributed by atoms with Crippen molar-refractivity contribution in [2.24, 2.45) is 0 Å². The van der Waals surface area contributed by atoms with E-state index in [1.807, 2.05) is 0 Å². The molecular weight excluding hydrogens is 535 g/mol. The Labute approximate surface area is 222 Å². The Kier molecular flexibility index (Phi) is 6.68. The van der Waals surface area contributed by atoms with Crippen molar-refractivity contribution in [2.75, 3.05) is 18.4 Å². The van der Waals surface area contributed by atoms with Crippen molar-refractivity contribution in [3.8, 4) is 11.9 Å². The summed E-state index contributed by atoms with van der Waals surface area (Å²) in [5.41, 5.74) is -0.379. The average molecular weight is 560 g/mol. The number of alkyl halides is 3. The number of piperidine rings is 1. The summed E-state index contributed by atoms with van der Waals surface area (Å²) >= 11 is 0. The third-order valence-electron chi connectivity index (χ3n) is 7.15. The monoisotopic (exact) mass is 559 g/mol. The fraction of sp³-hybridized carbons (Fsp3) is 0.400. The predicted octanol–water partition coefficient (Wildman–Crippen LogP) is 3.59. The van der Waals surface area contributed by atoms with Crippen LogP contribution in [-0.4, -0.2) is 56.7 Å². The van der Waals surface area contributed by atoms with Crippen LogP contribution in [0.1, 0.15) is 53.0 Å². The van der Waals surface area contributed by atoms with Crippen molar-refractivity contribution in [1.82, 2.24) is 24.1 Å². The molecular formula is C25H24F3N7O3S. The molecule has 3 aromatic rings. The zero-order chi connectivity index (χ0) is 28.0. The van der Waals surface area contributed by atoms with Gasteiger partial charge in [-0.15, -0.1) is 0 Å². The molecule has 1 saturated carbocycles. The summed E-state index contributed by atoms with van der Waals surface area (Å²) in [5, 5.41) is 16.4. The Hall–Kier alpha value is -3.83. The summed E-state index contributed by atoms with van der Waals surface area (Å²) in [4.78, 5) is 21.1. The van der Waals surface area contributed by atoms with Gasteiger partial charge >= 0.3 is 6.18 Å². The van der Waals surface area contributed by atoms with Gasteiger partial charge in [0.15, 0.2) is 5.82 Å². The van der Waals surface area contributed by atoms with Gasteiger partial charge in [0, 0.05) is 19.3 Å². The first-order chi connectivity index (χ1) is 18.4. The van der Waals surface area contributed by atoms with Gasteiger partial charge in [0.1, 0.15) is 5.41 Å². The Morgan fingerprint density at radius 3 is 2.36 bits per heavy atom. The van der Waals surface area contributed by atoms with Crippen LogP contribution in [0.2, 0.25) is 0 Å². The highest BCUT2D eigenvalue weighted by atomic mass is 32.2. The molecule has 0 bridgehead atoms. The summed E-state index contributed by atoms with van der Waals surface area (Å²) < 4.78 is 66.3. The van der Waals surface area contributed by atoms with E-state index in [2.05, 4.69) is 26.5 Å². The topological polar surface area (TPSA) is 134 Å². The summed E-state index contributed by atoms with van der Waals surface area (Å²) in [6.07, 6.45) is 0.922. The first-order valence-corrected chi connectivity index (χ1v) is 13.7. The lowest BCUT2D eigenvalue weighted by Crippen LogP contribution is -2.46. The normalized spacial score (nSPS) is 17.9. The Bertz CT molecular complexity index is 1530. The molecule has 1 amide bonds. The molecule has 0 atom stereocenters. The second-order valence-corrected chi connectivity index (χ2v) is 11.9. The summed E-state index contributed by atoms with van der Waals surface area (Å²) in [7, 11) is -3.30. The quantitative estimate of drug-likeness (QED) is 0.488. The van der Waals surface area contributed by atoms with Crippen LogP contribution < -0.4 is 5.32 Å². The first-order valence-electron chi connectivity index (χ1n) is 12.2. The lowest BCUT2D eigenvalue weighted by atomic mass is 9.77. The third kappa shape index (κ3) is 5.11. The lowest BCUT2D eigenvalue weighted by Gasteiger charge is -2.36. The van der Waals surface area contributed by atoms with Crippen molar-refractivity contribution < 1.29 is 26.4 Å². The van der Waals surface area contributed by atoms with Crippen LogP contribution in [-0.2, 0) is 21.6 Å². The molecule has 39 heavy (non-hydrogen) atoms. The van der Waals surface area contributed by atoms with E-state index in [-0.39, 0.29) is 29.7 Å². The SMILES string of the molecule is Cc1c(C(=O)Nc2ccc(C3(C#N)CCN(S(=O)(=O)C4CC4)CC3)nc2)cnn1-c1ccc(C(F)(F)F)cn1. The summed E-state index contributed by atoms with van der Waals surface area (Å²) in [5.74, 6) is -0.378. The highest BCUT2D eigenvalue weighted by molar-refractivity contribution is 7.90. The minimum Gasteiger partial charge on any atom is -0.320 e. The second-order valence-electron chi connectivity index (χ2n) is 9.68. The molecule has 10 nitrogen and oxygen atoms in total. The van der Waals surface area contributed by atoms with Gasteiger partial charge in [-0.1, -0.05) is 0 Å². The van der Waals surface area contributed by atoms with Crippen molar-refractivity contribution in [3.05, 3.63) is 65.4 Å². The number of carbonyl (C=O) groups excluding carboxylic acids is 1. The maximum absolute atomic E-state index is 12.9. The molecule has 1 saturated heterocycles. The van der Waals surface area contributed by atoms with Crippen LogP contribution in [0.25, 0.3) is 5.82 Å². The van der Waals surface area contributed by atoms with E-state index >= 15 is 0 Å². The number of nitrogens with zero attached hydrogens (tertiary/aromatic N) is 6. The van der Waals surface area contributed by atoms with Crippen LogP contribution in [0.15, 0.2) is 42.9 Å². The van der Waals surface area contributed by atoms with Crippen LogP contribution in [0, 0.1) is 18.3 Å². The molecule has 1 N–H and O–H groups in total. The molecule has 4 heterocycles.